The predicted molar refractivity (Wildman–Crippen MR) is 99.7 cm³/mol. The Morgan fingerprint density at radius 3 is 2.25 bits per heavy atom. The number of hydrogen-bond donors (Lipinski definition) is 0. The molecular weight excluding hydrogens is 296 g/mol. The molecule has 0 amide bonds. The maximum atomic E-state index is 5.80. The van der Waals surface area contributed by atoms with Gasteiger partial charge in [-0.2, -0.15) is 0 Å². The molecule has 0 bridgehead atoms. The maximum Gasteiger partial charge on any atom is 0.119 e. The Labute approximate surface area is 145 Å². The third-order valence-electron chi connectivity index (χ3n) is 4.68. The van der Waals surface area contributed by atoms with Gasteiger partial charge in [0.25, 0.3) is 0 Å². The van der Waals surface area contributed by atoms with Crippen LogP contribution in [0.2, 0.25) is 0 Å². The number of benzene rings is 2. The van der Waals surface area contributed by atoms with Gasteiger partial charge >= 0.3 is 0 Å². The van der Waals surface area contributed by atoms with E-state index in [0.29, 0.717) is 0 Å². The van der Waals surface area contributed by atoms with Crippen LogP contribution < -0.4 is 4.74 Å². The molecule has 128 valence electrons. The fourth-order valence-electron chi connectivity index (χ4n) is 3.20. The molecule has 1 saturated heterocycles. The number of aryl methyl sites for hydroxylation is 1. The van der Waals surface area contributed by atoms with Gasteiger partial charge in [-0.3, -0.25) is 4.90 Å². The summed E-state index contributed by atoms with van der Waals surface area (Å²) in [6, 6.07) is 19.0. The van der Waals surface area contributed by atoms with Gasteiger partial charge in [0.2, 0.25) is 0 Å². The molecule has 1 fully saturated rings. The average molecular weight is 324 g/mol. The van der Waals surface area contributed by atoms with Crippen molar-refractivity contribution >= 4 is 0 Å². The van der Waals surface area contributed by atoms with E-state index in [1.54, 1.807) is 0 Å². The van der Waals surface area contributed by atoms with Crippen LogP contribution in [0, 0.1) is 6.92 Å². The van der Waals surface area contributed by atoms with Crippen molar-refractivity contribution in [1.82, 2.24) is 9.80 Å². The van der Waals surface area contributed by atoms with E-state index >= 15 is 0 Å². The van der Waals surface area contributed by atoms with Gasteiger partial charge in [-0.15, -0.1) is 0 Å². The van der Waals surface area contributed by atoms with Crippen LogP contribution in [-0.4, -0.2) is 55.7 Å². The average Bonchev–Trinajstić information content (AvgIpc) is 2.62. The lowest BCUT2D eigenvalue weighted by Crippen LogP contribution is -2.47. The second-order valence-corrected chi connectivity index (χ2v) is 6.58. The summed E-state index contributed by atoms with van der Waals surface area (Å²) in [5, 5.41) is 0. The summed E-state index contributed by atoms with van der Waals surface area (Å²) in [4.78, 5) is 5.09. The van der Waals surface area contributed by atoms with Gasteiger partial charge in [0.15, 0.2) is 0 Å². The second-order valence-electron chi connectivity index (χ2n) is 6.58. The molecular formula is C21H28N2O. The highest BCUT2D eigenvalue weighted by atomic mass is 16.5. The van der Waals surface area contributed by atoms with E-state index in [0.717, 1.165) is 58.0 Å². The Hall–Kier alpha value is -1.84. The minimum Gasteiger partial charge on any atom is -0.492 e. The first kappa shape index (κ1) is 17.0. The van der Waals surface area contributed by atoms with Gasteiger partial charge in [0.05, 0.1) is 0 Å². The third-order valence-corrected chi connectivity index (χ3v) is 4.68. The third kappa shape index (κ3) is 5.36. The molecule has 0 aliphatic carbocycles. The summed E-state index contributed by atoms with van der Waals surface area (Å²) < 4.78 is 5.80. The monoisotopic (exact) mass is 324 g/mol. The van der Waals surface area contributed by atoms with Gasteiger partial charge < -0.3 is 9.64 Å². The van der Waals surface area contributed by atoms with Gasteiger partial charge in [-0.25, -0.2) is 0 Å². The van der Waals surface area contributed by atoms with Crippen LogP contribution in [0.25, 0.3) is 0 Å². The standard InChI is InChI=1S/C21H28N2O/c1-19-6-5-7-20(18-19)10-11-22-12-14-23(15-13-22)16-17-24-21-8-3-2-4-9-21/h2-9,18H,10-17H2,1H3. The van der Waals surface area contributed by atoms with Crippen LogP contribution in [0.3, 0.4) is 0 Å². The maximum absolute atomic E-state index is 5.80. The lowest BCUT2D eigenvalue weighted by Gasteiger charge is -2.34. The van der Waals surface area contributed by atoms with Crippen molar-refractivity contribution in [2.24, 2.45) is 0 Å². The lowest BCUT2D eigenvalue weighted by atomic mass is 10.1. The molecule has 0 unspecified atom stereocenters. The van der Waals surface area contributed by atoms with Gasteiger partial charge in [0.1, 0.15) is 12.4 Å². The summed E-state index contributed by atoms with van der Waals surface area (Å²) >= 11 is 0. The van der Waals surface area contributed by atoms with E-state index in [4.69, 9.17) is 4.74 Å². The quantitative estimate of drug-likeness (QED) is 0.778. The van der Waals surface area contributed by atoms with Crippen LogP contribution >= 0.6 is 0 Å². The molecule has 0 spiro atoms. The van der Waals surface area contributed by atoms with Crippen LogP contribution in [0.15, 0.2) is 54.6 Å². The minimum atomic E-state index is 0.771. The number of piperazine rings is 1. The number of rotatable bonds is 7. The van der Waals surface area contributed by atoms with E-state index in [9.17, 15) is 0 Å². The molecule has 2 aromatic carbocycles. The van der Waals surface area contributed by atoms with Crippen molar-refractivity contribution in [3.63, 3.8) is 0 Å². The van der Waals surface area contributed by atoms with Crippen molar-refractivity contribution in [1.29, 1.82) is 0 Å². The van der Waals surface area contributed by atoms with Crippen molar-refractivity contribution in [2.45, 2.75) is 13.3 Å². The highest BCUT2D eigenvalue weighted by Crippen LogP contribution is 2.10. The summed E-state index contributed by atoms with van der Waals surface area (Å²) in [6.45, 7) is 9.73. The normalized spacial score (nSPS) is 16.2. The zero-order valence-electron chi connectivity index (χ0n) is 14.7. The molecule has 2 aromatic rings. The van der Waals surface area contributed by atoms with Crippen LogP contribution in [0.4, 0.5) is 0 Å². The highest BCUT2D eigenvalue weighted by Gasteiger charge is 2.16. The Morgan fingerprint density at radius 1 is 0.833 bits per heavy atom. The predicted octanol–water partition coefficient (Wildman–Crippen LogP) is 3.23. The van der Waals surface area contributed by atoms with Crippen LogP contribution in [0.5, 0.6) is 5.75 Å². The van der Waals surface area contributed by atoms with Gasteiger partial charge in [0, 0.05) is 39.3 Å². The Bertz CT molecular complexity index is 606. The van der Waals surface area contributed by atoms with Crippen molar-refractivity contribution < 1.29 is 4.74 Å². The molecule has 0 aromatic heterocycles. The van der Waals surface area contributed by atoms with Crippen molar-refractivity contribution in [2.75, 3.05) is 45.9 Å². The smallest absolute Gasteiger partial charge is 0.119 e. The molecule has 1 aliphatic heterocycles. The first-order valence-electron chi connectivity index (χ1n) is 8.98. The number of para-hydroxylation sites is 1. The summed E-state index contributed by atoms with van der Waals surface area (Å²) in [5.41, 5.74) is 2.81. The van der Waals surface area contributed by atoms with E-state index in [2.05, 4.69) is 41.0 Å². The number of nitrogens with zero attached hydrogens (tertiary/aromatic N) is 2. The van der Waals surface area contributed by atoms with E-state index in [1.165, 1.54) is 11.1 Å². The largest absolute Gasteiger partial charge is 0.492 e. The van der Waals surface area contributed by atoms with Gasteiger partial charge in [-0.05, 0) is 31.0 Å². The number of ether oxygens (including phenoxy) is 1. The van der Waals surface area contributed by atoms with E-state index in [1.807, 2.05) is 30.3 Å². The summed E-state index contributed by atoms with van der Waals surface area (Å²) in [5.74, 6) is 0.967. The summed E-state index contributed by atoms with van der Waals surface area (Å²) in [7, 11) is 0. The molecule has 3 nitrogen and oxygen atoms in total. The molecule has 3 rings (SSSR count). The van der Waals surface area contributed by atoms with Crippen molar-refractivity contribution in [3.05, 3.63) is 65.7 Å². The second kappa shape index (κ2) is 8.86. The summed E-state index contributed by atoms with van der Waals surface area (Å²) in [6.07, 6.45) is 1.15. The SMILES string of the molecule is Cc1cccc(CCN2CCN(CCOc3ccccc3)CC2)c1. The van der Waals surface area contributed by atoms with Gasteiger partial charge in [-0.1, -0.05) is 48.0 Å². The Balaban J connectivity index is 1.32. The molecule has 24 heavy (non-hydrogen) atoms. The van der Waals surface area contributed by atoms with Crippen molar-refractivity contribution in [3.8, 4) is 5.75 Å². The Morgan fingerprint density at radius 2 is 1.54 bits per heavy atom. The van der Waals surface area contributed by atoms with E-state index in [-0.39, 0.29) is 0 Å². The lowest BCUT2D eigenvalue weighted by molar-refractivity contribution is 0.118. The number of hydrogen-bond acceptors (Lipinski definition) is 3. The first-order valence-corrected chi connectivity index (χ1v) is 8.98. The Kier molecular flexibility index (Phi) is 6.27. The minimum absolute atomic E-state index is 0.771. The molecule has 0 N–H and O–H groups in total. The first-order chi connectivity index (χ1) is 11.8. The molecule has 1 heterocycles. The topological polar surface area (TPSA) is 15.7 Å². The molecule has 0 saturated carbocycles. The zero-order chi connectivity index (χ0) is 16.6. The molecule has 3 heteroatoms. The fourth-order valence-corrected chi connectivity index (χ4v) is 3.20. The molecule has 1 aliphatic rings. The molecule has 0 radical (unpaired) electrons. The molecule has 0 atom stereocenters. The van der Waals surface area contributed by atoms with Crippen LogP contribution in [0.1, 0.15) is 11.1 Å². The fraction of sp³-hybridized carbons (Fsp3) is 0.429. The zero-order valence-corrected chi connectivity index (χ0v) is 14.7. The van der Waals surface area contributed by atoms with E-state index < -0.39 is 0 Å². The highest BCUT2D eigenvalue weighted by molar-refractivity contribution is 5.22. The van der Waals surface area contributed by atoms with Crippen LogP contribution in [-0.2, 0) is 6.42 Å².